The molecule has 1 heterocycles. The van der Waals surface area contributed by atoms with Gasteiger partial charge in [0.05, 0.1) is 26.4 Å². The molecule has 0 atom stereocenters. The molecule has 1 saturated heterocycles. The van der Waals surface area contributed by atoms with E-state index >= 15 is 0 Å². The SMILES string of the molecule is COc1cccc(OC)c1OCCCCN1CCN(c2cccc(C(F)(F)F)c2)CC1. The summed E-state index contributed by atoms with van der Waals surface area (Å²) in [5, 5.41) is 0. The summed E-state index contributed by atoms with van der Waals surface area (Å²) in [7, 11) is 3.20. The van der Waals surface area contributed by atoms with Gasteiger partial charge in [-0.05, 0) is 49.7 Å². The van der Waals surface area contributed by atoms with Crippen LogP contribution in [0.3, 0.4) is 0 Å². The molecule has 0 amide bonds. The first-order valence-corrected chi connectivity index (χ1v) is 10.4. The van der Waals surface area contributed by atoms with E-state index in [9.17, 15) is 13.2 Å². The van der Waals surface area contributed by atoms with Gasteiger partial charge in [0, 0.05) is 31.9 Å². The quantitative estimate of drug-likeness (QED) is 0.530. The lowest BCUT2D eigenvalue weighted by Crippen LogP contribution is -2.46. The molecule has 1 aliphatic heterocycles. The Morgan fingerprint density at radius 2 is 1.52 bits per heavy atom. The smallest absolute Gasteiger partial charge is 0.416 e. The van der Waals surface area contributed by atoms with Crippen molar-refractivity contribution in [3.63, 3.8) is 0 Å². The summed E-state index contributed by atoms with van der Waals surface area (Å²) in [6.45, 7) is 4.59. The molecular formula is C23H29F3N2O3. The van der Waals surface area contributed by atoms with Crippen LogP contribution in [0.1, 0.15) is 18.4 Å². The molecule has 2 aromatic carbocycles. The van der Waals surface area contributed by atoms with E-state index in [1.807, 2.05) is 23.1 Å². The predicted octanol–water partition coefficient (Wildman–Crippen LogP) is 4.70. The molecular weight excluding hydrogens is 409 g/mol. The number of ether oxygens (including phenoxy) is 3. The first kappa shape index (κ1) is 23.1. The van der Waals surface area contributed by atoms with Crippen LogP contribution in [0, 0.1) is 0 Å². The number of anilines is 1. The van der Waals surface area contributed by atoms with E-state index < -0.39 is 11.7 Å². The van der Waals surface area contributed by atoms with Crippen LogP contribution in [-0.4, -0.2) is 58.5 Å². The van der Waals surface area contributed by atoms with Gasteiger partial charge in [0.1, 0.15) is 0 Å². The van der Waals surface area contributed by atoms with Gasteiger partial charge in [-0.15, -0.1) is 0 Å². The average Bonchev–Trinajstić information content (AvgIpc) is 2.78. The number of halogens is 3. The van der Waals surface area contributed by atoms with Crippen molar-refractivity contribution in [2.24, 2.45) is 0 Å². The molecule has 1 aliphatic rings. The summed E-state index contributed by atoms with van der Waals surface area (Å²) in [6.07, 6.45) is -2.45. The van der Waals surface area contributed by atoms with Gasteiger partial charge in [-0.1, -0.05) is 12.1 Å². The number of hydrogen-bond acceptors (Lipinski definition) is 5. The van der Waals surface area contributed by atoms with Crippen LogP contribution in [0.2, 0.25) is 0 Å². The lowest BCUT2D eigenvalue weighted by atomic mass is 10.1. The minimum atomic E-state index is -4.31. The number of benzene rings is 2. The lowest BCUT2D eigenvalue weighted by molar-refractivity contribution is -0.137. The van der Waals surface area contributed by atoms with Gasteiger partial charge >= 0.3 is 6.18 Å². The zero-order valence-electron chi connectivity index (χ0n) is 18.0. The van der Waals surface area contributed by atoms with Gasteiger partial charge in [0.2, 0.25) is 5.75 Å². The third-order valence-electron chi connectivity index (χ3n) is 5.41. The Bertz CT molecular complexity index is 815. The summed E-state index contributed by atoms with van der Waals surface area (Å²) >= 11 is 0. The van der Waals surface area contributed by atoms with Crippen molar-refractivity contribution in [2.45, 2.75) is 19.0 Å². The van der Waals surface area contributed by atoms with E-state index in [4.69, 9.17) is 14.2 Å². The number of nitrogens with zero attached hydrogens (tertiary/aromatic N) is 2. The van der Waals surface area contributed by atoms with E-state index in [1.54, 1.807) is 20.3 Å². The molecule has 0 saturated carbocycles. The van der Waals surface area contributed by atoms with Crippen LogP contribution in [0.25, 0.3) is 0 Å². The second-order valence-electron chi connectivity index (χ2n) is 7.42. The molecule has 0 spiro atoms. The second kappa shape index (κ2) is 10.6. The average molecular weight is 438 g/mol. The maximum atomic E-state index is 12.9. The molecule has 1 fully saturated rings. The fraction of sp³-hybridized carbons (Fsp3) is 0.478. The van der Waals surface area contributed by atoms with Gasteiger partial charge in [-0.3, -0.25) is 4.90 Å². The summed E-state index contributed by atoms with van der Waals surface area (Å²) in [5.74, 6) is 1.90. The zero-order chi connectivity index (χ0) is 22.3. The standard InChI is InChI=1S/C23H29F3N2O3/c1-29-20-9-6-10-21(30-2)22(20)31-16-4-3-11-27-12-14-28(15-13-27)19-8-5-7-18(17-19)23(24,25)26/h5-10,17H,3-4,11-16H2,1-2H3. The van der Waals surface area contributed by atoms with Crippen LogP contribution in [-0.2, 0) is 6.18 Å². The number of methoxy groups -OCH3 is 2. The van der Waals surface area contributed by atoms with E-state index in [2.05, 4.69) is 4.90 Å². The minimum Gasteiger partial charge on any atom is -0.493 e. The van der Waals surface area contributed by atoms with E-state index in [0.29, 0.717) is 29.5 Å². The van der Waals surface area contributed by atoms with Crippen LogP contribution in [0.5, 0.6) is 17.2 Å². The normalized spacial score (nSPS) is 15.1. The lowest BCUT2D eigenvalue weighted by Gasteiger charge is -2.36. The first-order chi connectivity index (χ1) is 14.9. The van der Waals surface area contributed by atoms with E-state index in [1.165, 1.54) is 12.1 Å². The van der Waals surface area contributed by atoms with E-state index in [-0.39, 0.29) is 0 Å². The van der Waals surface area contributed by atoms with Gasteiger partial charge in [0.15, 0.2) is 11.5 Å². The van der Waals surface area contributed by atoms with Crippen molar-refractivity contribution < 1.29 is 27.4 Å². The topological polar surface area (TPSA) is 34.2 Å². The number of hydrogen-bond donors (Lipinski definition) is 0. The third-order valence-corrected chi connectivity index (χ3v) is 5.41. The monoisotopic (exact) mass is 438 g/mol. The first-order valence-electron chi connectivity index (χ1n) is 10.4. The molecule has 0 bridgehead atoms. The summed E-state index contributed by atoms with van der Waals surface area (Å²) in [5.41, 5.74) is 0.0349. The Morgan fingerprint density at radius 1 is 0.871 bits per heavy atom. The highest BCUT2D eigenvalue weighted by Gasteiger charge is 2.31. The maximum Gasteiger partial charge on any atom is 0.416 e. The van der Waals surface area contributed by atoms with E-state index in [0.717, 1.165) is 51.6 Å². The Hall–Kier alpha value is -2.61. The second-order valence-corrected chi connectivity index (χ2v) is 7.42. The molecule has 0 unspecified atom stereocenters. The number of alkyl halides is 3. The molecule has 0 N–H and O–H groups in total. The zero-order valence-corrected chi connectivity index (χ0v) is 18.0. The number of rotatable bonds is 9. The molecule has 5 nitrogen and oxygen atoms in total. The molecule has 3 rings (SSSR count). The van der Waals surface area contributed by atoms with Crippen molar-refractivity contribution in [3.8, 4) is 17.2 Å². The van der Waals surface area contributed by atoms with Gasteiger partial charge in [0.25, 0.3) is 0 Å². The number of para-hydroxylation sites is 1. The fourth-order valence-corrected chi connectivity index (χ4v) is 3.68. The number of unbranched alkanes of at least 4 members (excludes halogenated alkanes) is 1. The molecule has 0 aliphatic carbocycles. The molecule has 31 heavy (non-hydrogen) atoms. The van der Waals surface area contributed by atoms with Crippen molar-refractivity contribution >= 4 is 5.69 Å². The summed E-state index contributed by atoms with van der Waals surface area (Å²) in [6, 6.07) is 11.1. The van der Waals surface area contributed by atoms with Gasteiger partial charge in [-0.2, -0.15) is 13.2 Å². The van der Waals surface area contributed by atoms with Crippen LogP contribution >= 0.6 is 0 Å². The minimum absolute atomic E-state index is 0.556. The van der Waals surface area contributed by atoms with Gasteiger partial charge in [-0.25, -0.2) is 0 Å². The predicted molar refractivity (Wildman–Crippen MR) is 114 cm³/mol. The third kappa shape index (κ3) is 6.19. The molecule has 2 aromatic rings. The largest absolute Gasteiger partial charge is 0.493 e. The van der Waals surface area contributed by atoms with Crippen molar-refractivity contribution in [1.29, 1.82) is 0 Å². The summed E-state index contributed by atoms with van der Waals surface area (Å²) < 4.78 is 55.4. The molecule has 0 radical (unpaired) electrons. The van der Waals surface area contributed by atoms with Crippen LogP contribution < -0.4 is 19.1 Å². The highest BCUT2D eigenvalue weighted by molar-refractivity contribution is 5.51. The Balaban J connectivity index is 1.40. The Labute approximate surface area is 181 Å². The highest BCUT2D eigenvalue weighted by atomic mass is 19.4. The summed E-state index contributed by atoms with van der Waals surface area (Å²) in [4.78, 5) is 4.36. The van der Waals surface area contributed by atoms with Crippen molar-refractivity contribution in [3.05, 3.63) is 48.0 Å². The van der Waals surface area contributed by atoms with Gasteiger partial charge < -0.3 is 19.1 Å². The molecule has 170 valence electrons. The number of piperazine rings is 1. The molecule has 8 heteroatoms. The van der Waals surface area contributed by atoms with Crippen molar-refractivity contribution in [1.82, 2.24) is 4.90 Å². The highest BCUT2D eigenvalue weighted by Crippen LogP contribution is 2.37. The maximum absolute atomic E-state index is 12.9. The Morgan fingerprint density at radius 3 is 2.13 bits per heavy atom. The Kier molecular flexibility index (Phi) is 7.90. The van der Waals surface area contributed by atoms with Crippen LogP contribution in [0.4, 0.5) is 18.9 Å². The molecule has 0 aromatic heterocycles. The fourth-order valence-electron chi connectivity index (χ4n) is 3.68. The van der Waals surface area contributed by atoms with Crippen molar-refractivity contribution in [2.75, 3.05) is 58.5 Å². The van der Waals surface area contributed by atoms with Crippen LogP contribution in [0.15, 0.2) is 42.5 Å².